The Morgan fingerprint density at radius 2 is 1.95 bits per heavy atom. The Hall–Kier alpha value is -2.16. The molecule has 0 atom stereocenters. The summed E-state index contributed by atoms with van der Waals surface area (Å²) < 4.78 is 11.5. The van der Waals surface area contributed by atoms with Gasteiger partial charge in [0.25, 0.3) is 0 Å². The average molecular weight is 255 g/mol. The first kappa shape index (κ1) is 11.9. The molecule has 0 amide bonds. The van der Waals surface area contributed by atoms with Crippen LogP contribution in [0.15, 0.2) is 59.6 Å². The number of benzene rings is 1. The molecule has 1 aliphatic carbocycles. The molecule has 0 unspecified atom stereocenters. The van der Waals surface area contributed by atoms with Gasteiger partial charge in [-0.15, -0.1) is 0 Å². The maximum absolute atomic E-state index is 5.86. The predicted octanol–water partition coefficient (Wildman–Crippen LogP) is 3.55. The molecule has 1 aromatic rings. The number of nitrogens with two attached hydrogens (primary N) is 1. The number of hydrogen-bond donors (Lipinski definition) is 1. The fourth-order valence-electron chi connectivity index (χ4n) is 2.31. The van der Waals surface area contributed by atoms with E-state index in [1.54, 1.807) is 0 Å². The van der Waals surface area contributed by atoms with Crippen molar-refractivity contribution < 1.29 is 9.47 Å². The van der Waals surface area contributed by atoms with Gasteiger partial charge in [-0.3, -0.25) is 0 Å². The van der Waals surface area contributed by atoms with Crippen LogP contribution in [0, 0.1) is 0 Å². The maximum Gasteiger partial charge on any atom is 0.128 e. The van der Waals surface area contributed by atoms with Crippen molar-refractivity contribution in [3.8, 4) is 5.75 Å². The molecule has 3 heteroatoms. The summed E-state index contributed by atoms with van der Waals surface area (Å²) in [7, 11) is 0. The lowest BCUT2D eigenvalue weighted by molar-refractivity contribution is 0.113. The minimum Gasteiger partial charge on any atom is -0.490 e. The largest absolute Gasteiger partial charge is 0.490 e. The van der Waals surface area contributed by atoms with Gasteiger partial charge in [0.2, 0.25) is 0 Å². The van der Waals surface area contributed by atoms with E-state index in [1.165, 1.54) is 11.1 Å². The molecule has 19 heavy (non-hydrogen) atoms. The smallest absolute Gasteiger partial charge is 0.128 e. The van der Waals surface area contributed by atoms with E-state index in [9.17, 15) is 0 Å². The van der Waals surface area contributed by atoms with Gasteiger partial charge in [-0.25, -0.2) is 0 Å². The van der Waals surface area contributed by atoms with Crippen LogP contribution in [-0.2, 0) is 4.74 Å². The SMILES string of the molecule is CC1(C)OC=C2CC=C(Oc3ccc(N)cc3)C=C21. The molecule has 0 saturated carbocycles. The van der Waals surface area contributed by atoms with Crippen molar-refractivity contribution in [1.29, 1.82) is 0 Å². The lowest BCUT2D eigenvalue weighted by atomic mass is 9.88. The van der Waals surface area contributed by atoms with Gasteiger partial charge >= 0.3 is 0 Å². The van der Waals surface area contributed by atoms with E-state index in [0.29, 0.717) is 0 Å². The summed E-state index contributed by atoms with van der Waals surface area (Å²) in [6.07, 6.45) is 6.82. The molecule has 98 valence electrons. The second kappa shape index (κ2) is 4.19. The van der Waals surface area contributed by atoms with E-state index >= 15 is 0 Å². The van der Waals surface area contributed by atoms with E-state index in [1.807, 2.05) is 30.5 Å². The van der Waals surface area contributed by atoms with Gasteiger partial charge in [-0.2, -0.15) is 0 Å². The topological polar surface area (TPSA) is 44.5 Å². The van der Waals surface area contributed by atoms with Gasteiger partial charge in [0.05, 0.1) is 6.26 Å². The highest BCUT2D eigenvalue weighted by atomic mass is 16.5. The predicted molar refractivity (Wildman–Crippen MR) is 75.5 cm³/mol. The first-order valence-electron chi connectivity index (χ1n) is 6.37. The monoisotopic (exact) mass is 255 g/mol. The Balaban J connectivity index is 1.82. The molecule has 1 aliphatic heterocycles. The quantitative estimate of drug-likeness (QED) is 0.822. The van der Waals surface area contributed by atoms with E-state index in [0.717, 1.165) is 23.6 Å². The average Bonchev–Trinajstić information content (AvgIpc) is 2.69. The second-order valence-electron chi connectivity index (χ2n) is 5.31. The number of anilines is 1. The van der Waals surface area contributed by atoms with Crippen molar-refractivity contribution in [3.05, 3.63) is 59.6 Å². The summed E-state index contributed by atoms with van der Waals surface area (Å²) in [5, 5.41) is 0. The van der Waals surface area contributed by atoms with Crippen LogP contribution in [0.25, 0.3) is 0 Å². The van der Waals surface area contributed by atoms with Crippen molar-refractivity contribution in [3.63, 3.8) is 0 Å². The Bertz CT molecular complexity index is 592. The second-order valence-corrected chi connectivity index (χ2v) is 5.31. The highest BCUT2D eigenvalue weighted by Gasteiger charge is 2.34. The third-order valence-electron chi connectivity index (χ3n) is 3.42. The molecular formula is C16H17NO2. The Labute approximate surface area is 113 Å². The molecular weight excluding hydrogens is 238 g/mol. The Kier molecular flexibility index (Phi) is 2.63. The molecule has 1 heterocycles. The number of rotatable bonds is 2. The van der Waals surface area contributed by atoms with Crippen molar-refractivity contribution in [2.24, 2.45) is 0 Å². The molecule has 3 nitrogen and oxygen atoms in total. The van der Waals surface area contributed by atoms with Gasteiger partial charge in [0.1, 0.15) is 17.1 Å². The summed E-state index contributed by atoms with van der Waals surface area (Å²) in [5.74, 6) is 1.65. The highest BCUT2D eigenvalue weighted by molar-refractivity contribution is 5.49. The molecule has 0 spiro atoms. The molecule has 0 radical (unpaired) electrons. The number of fused-ring (bicyclic) bond motifs is 1. The van der Waals surface area contributed by atoms with Crippen LogP contribution < -0.4 is 10.5 Å². The van der Waals surface area contributed by atoms with E-state index < -0.39 is 0 Å². The lowest BCUT2D eigenvalue weighted by Crippen LogP contribution is -2.22. The minimum atomic E-state index is -0.265. The van der Waals surface area contributed by atoms with Gasteiger partial charge < -0.3 is 15.2 Å². The molecule has 2 N–H and O–H groups in total. The minimum absolute atomic E-state index is 0.265. The van der Waals surface area contributed by atoms with Gasteiger partial charge in [-0.1, -0.05) is 0 Å². The lowest BCUT2D eigenvalue weighted by Gasteiger charge is -2.23. The van der Waals surface area contributed by atoms with Crippen molar-refractivity contribution >= 4 is 5.69 Å². The zero-order valence-corrected chi connectivity index (χ0v) is 11.1. The normalized spacial score (nSPS) is 19.8. The first-order valence-corrected chi connectivity index (χ1v) is 6.37. The van der Waals surface area contributed by atoms with E-state index in [2.05, 4.69) is 26.0 Å². The fraction of sp³-hybridized carbons (Fsp3) is 0.250. The van der Waals surface area contributed by atoms with Crippen LogP contribution in [-0.4, -0.2) is 5.60 Å². The van der Waals surface area contributed by atoms with Crippen molar-refractivity contribution in [2.45, 2.75) is 25.9 Å². The molecule has 0 bridgehead atoms. The van der Waals surface area contributed by atoms with Crippen LogP contribution in [0.1, 0.15) is 20.3 Å². The fourth-order valence-corrected chi connectivity index (χ4v) is 2.31. The van der Waals surface area contributed by atoms with Crippen LogP contribution in [0.3, 0.4) is 0 Å². The van der Waals surface area contributed by atoms with Crippen molar-refractivity contribution in [1.82, 2.24) is 0 Å². The standard InChI is InChI=1S/C16H17NO2/c1-16(2)15-9-14(6-3-11(15)10-18-16)19-13-7-4-12(17)5-8-13/h4-10H,3,17H2,1-2H3. The zero-order chi connectivity index (χ0) is 13.5. The first-order chi connectivity index (χ1) is 9.04. The van der Waals surface area contributed by atoms with Crippen molar-refractivity contribution in [2.75, 3.05) is 5.73 Å². The van der Waals surface area contributed by atoms with Gasteiger partial charge in [-0.05, 0) is 62.3 Å². The van der Waals surface area contributed by atoms with Gasteiger partial charge in [0, 0.05) is 11.3 Å². The third-order valence-corrected chi connectivity index (χ3v) is 3.42. The Morgan fingerprint density at radius 1 is 1.21 bits per heavy atom. The summed E-state index contributed by atoms with van der Waals surface area (Å²) in [6.45, 7) is 4.13. The van der Waals surface area contributed by atoms with Crippen LogP contribution >= 0.6 is 0 Å². The number of nitrogen functional groups attached to an aromatic ring is 1. The van der Waals surface area contributed by atoms with Crippen LogP contribution in [0.4, 0.5) is 5.69 Å². The summed E-state index contributed by atoms with van der Waals surface area (Å²) in [6, 6.07) is 7.41. The molecule has 2 aliphatic rings. The van der Waals surface area contributed by atoms with Gasteiger partial charge in [0.15, 0.2) is 0 Å². The summed E-state index contributed by atoms with van der Waals surface area (Å²) >= 11 is 0. The zero-order valence-electron chi connectivity index (χ0n) is 11.1. The maximum atomic E-state index is 5.86. The molecule has 0 saturated heterocycles. The van der Waals surface area contributed by atoms with Crippen LogP contribution in [0.5, 0.6) is 5.75 Å². The van der Waals surface area contributed by atoms with Crippen LogP contribution in [0.2, 0.25) is 0 Å². The molecule has 1 aromatic carbocycles. The number of allylic oxidation sites excluding steroid dienone is 2. The molecule has 0 aromatic heterocycles. The highest BCUT2D eigenvalue weighted by Crippen LogP contribution is 2.39. The van der Waals surface area contributed by atoms with E-state index in [-0.39, 0.29) is 5.60 Å². The Morgan fingerprint density at radius 3 is 2.68 bits per heavy atom. The summed E-state index contributed by atoms with van der Waals surface area (Å²) in [5.41, 5.74) is 8.56. The third kappa shape index (κ3) is 2.24. The van der Waals surface area contributed by atoms with E-state index in [4.69, 9.17) is 15.2 Å². The molecule has 3 rings (SSSR count). The number of ether oxygens (including phenoxy) is 2. The number of hydrogen-bond acceptors (Lipinski definition) is 3. The summed E-state index contributed by atoms with van der Waals surface area (Å²) in [4.78, 5) is 0. The molecule has 0 fully saturated rings.